The average Bonchev–Trinajstić information content (AvgIpc) is 2.46. The van der Waals surface area contributed by atoms with E-state index in [4.69, 9.17) is 0 Å². The minimum Gasteiger partial charge on any atom is -0.508 e. The number of thiol groups is 1. The molecule has 1 aromatic carbocycles. The van der Waals surface area contributed by atoms with Gasteiger partial charge < -0.3 is 10.2 Å². The molecule has 0 saturated heterocycles. The maximum Gasteiger partial charge on any atom is 0.115 e. The summed E-state index contributed by atoms with van der Waals surface area (Å²) in [5.74, 6) is 1.01. The second-order valence-corrected chi connectivity index (χ2v) is 6.27. The summed E-state index contributed by atoms with van der Waals surface area (Å²) in [4.78, 5) is 2.12. The van der Waals surface area contributed by atoms with Gasteiger partial charge in [0.1, 0.15) is 5.75 Å². The highest BCUT2D eigenvalue weighted by atomic mass is 32.1. The molecule has 1 fully saturated rings. The second-order valence-electron chi connectivity index (χ2n) is 5.99. The van der Waals surface area contributed by atoms with E-state index >= 15 is 0 Å². The van der Waals surface area contributed by atoms with Gasteiger partial charge in [-0.1, -0.05) is 31.4 Å². The van der Waals surface area contributed by atoms with Gasteiger partial charge in [-0.2, -0.15) is 12.6 Å². The van der Waals surface area contributed by atoms with Gasteiger partial charge in [-0.05, 0) is 37.6 Å². The van der Waals surface area contributed by atoms with E-state index in [0.29, 0.717) is 5.88 Å². The van der Waals surface area contributed by atoms with Crippen LogP contribution in [0.3, 0.4) is 0 Å². The highest BCUT2D eigenvalue weighted by Gasteiger charge is 2.39. The topological polar surface area (TPSA) is 43.7 Å². The largest absolute Gasteiger partial charge is 0.508 e. The molecule has 3 nitrogen and oxygen atoms in total. The van der Waals surface area contributed by atoms with Crippen molar-refractivity contribution in [1.29, 1.82) is 0 Å². The fraction of sp³-hybridized carbons (Fsp3) is 0.625. The van der Waals surface area contributed by atoms with Crippen LogP contribution in [0.25, 0.3) is 0 Å². The zero-order valence-electron chi connectivity index (χ0n) is 12.1. The van der Waals surface area contributed by atoms with Crippen molar-refractivity contribution in [1.82, 2.24) is 4.90 Å². The second kappa shape index (κ2) is 6.83. The summed E-state index contributed by atoms with van der Waals surface area (Å²) in [6.07, 6.45) is 5.12. The van der Waals surface area contributed by atoms with E-state index in [1.165, 1.54) is 6.42 Å². The standard InChI is InChI=1S/C16H25NO2S/c1-17(12-20)11-15(13-5-7-14(18)8-6-13)16(19)9-3-2-4-10-16/h5-8,15,18-20H,2-4,9-12H2,1H3. The Balaban J connectivity index is 2.25. The summed E-state index contributed by atoms with van der Waals surface area (Å²) >= 11 is 4.31. The van der Waals surface area contributed by atoms with Gasteiger partial charge in [-0.25, -0.2) is 0 Å². The molecule has 1 saturated carbocycles. The Morgan fingerprint density at radius 2 is 1.80 bits per heavy atom. The first-order valence-electron chi connectivity index (χ1n) is 7.36. The fourth-order valence-electron chi connectivity index (χ4n) is 3.17. The lowest BCUT2D eigenvalue weighted by Crippen LogP contribution is -2.43. The summed E-state index contributed by atoms with van der Waals surface area (Å²) in [6.45, 7) is 0.783. The van der Waals surface area contributed by atoms with Crippen LogP contribution in [0.4, 0.5) is 0 Å². The van der Waals surface area contributed by atoms with Crippen molar-refractivity contribution in [2.75, 3.05) is 19.5 Å². The predicted octanol–water partition coefficient (Wildman–Crippen LogP) is 2.99. The van der Waals surface area contributed by atoms with Crippen LogP contribution in [0, 0.1) is 0 Å². The van der Waals surface area contributed by atoms with Gasteiger partial charge in [0.05, 0.1) is 5.60 Å². The number of likely N-dealkylation sites (N-methyl/N-ethyl adjacent to an activating group) is 1. The average molecular weight is 295 g/mol. The van der Waals surface area contributed by atoms with Gasteiger partial charge in [0.2, 0.25) is 0 Å². The molecule has 0 aromatic heterocycles. The van der Waals surface area contributed by atoms with Crippen LogP contribution < -0.4 is 0 Å². The third kappa shape index (κ3) is 3.68. The highest BCUT2D eigenvalue weighted by molar-refractivity contribution is 7.80. The SMILES string of the molecule is CN(CS)CC(c1ccc(O)cc1)C1(O)CCCCC1. The van der Waals surface area contributed by atoms with Crippen molar-refractivity contribution in [3.8, 4) is 5.75 Å². The first-order valence-corrected chi connectivity index (χ1v) is 7.99. The summed E-state index contributed by atoms with van der Waals surface area (Å²) in [6, 6.07) is 7.27. The molecule has 1 atom stereocenters. The van der Waals surface area contributed by atoms with E-state index in [2.05, 4.69) is 17.5 Å². The fourth-order valence-corrected chi connectivity index (χ4v) is 3.29. The molecule has 112 valence electrons. The lowest BCUT2D eigenvalue weighted by molar-refractivity contribution is -0.0281. The third-order valence-corrected chi connectivity index (χ3v) is 4.88. The molecule has 2 N–H and O–H groups in total. The molecule has 0 spiro atoms. The maximum absolute atomic E-state index is 11.1. The van der Waals surface area contributed by atoms with Gasteiger partial charge in [-0.15, -0.1) is 0 Å². The van der Waals surface area contributed by atoms with E-state index in [1.807, 2.05) is 19.2 Å². The van der Waals surface area contributed by atoms with Crippen LogP contribution in [0.2, 0.25) is 0 Å². The van der Waals surface area contributed by atoms with Crippen LogP contribution in [0.5, 0.6) is 5.75 Å². The number of hydrogen-bond donors (Lipinski definition) is 3. The highest BCUT2D eigenvalue weighted by Crippen LogP contribution is 2.40. The number of aliphatic hydroxyl groups is 1. The molecule has 4 heteroatoms. The Hall–Kier alpha value is -0.710. The molecule has 1 aliphatic carbocycles. The molecule has 0 heterocycles. The van der Waals surface area contributed by atoms with Gasteiger partial charge in [-0.3, -0.25) is 4.90 Å². The van der Waals surface area contributed by atoms with E-state index in [-0.39, 0.29) is 11.7 Å². The monoisotopic (exact) mass is 295 g/mol. The lowest BCUT2D eigenvalue weighted by atomic mass is 9.72. The number of phenolic OH excluding ortho intramolecular Hbond substituents is 1. The molecule has 1 aliphatic rings. The van der Waals surface area contributed by atoms with E-state index < -0.39 is 5.60 Å². The molecule has 0 radical (unpaired) electrons. The summed E-state index contributed by atoms with van der Waals surface area (Å²) in [7, 11) is 2.02. The molecule has 0 amide bonds. The normalized spacial score (nSPS) is 20.0. The Bertz CT molecular complexity index is 415. The number of aromatic hydroxyl groups is 1. The summed E-state index contributed by atoms with van der Waals surface area (Å²) in [5.41, 5.74) is 0.465. The zero-order chi connectivity index (χ0) is 14.6. The quantitative estimate of drug-likeness (QED) is 0.578. The Kier molecular flexibility index (Phi) is 5.35. The van der Waals surface area contributed by atoms with Crippen LogP contribution in [0.15, 0.2) is 24.3 Å². The zero-order valence-corrected chi connectivity index (χ0v) is 13.0. The van der Waals surface area contributed by atoms with E-state index in [0.717, 1.165) is 37.8 Å². The number of phenols is 1. The van der Waals surface area contributed by atoms with Crippen LogP contribution in [-0.2, 0) is 0 Å². The smallest absolute Gasteiger partial charge is 0.115 e. The molecular weight excluding hydrogens is 270 g/mol. The maximum atomic E-state index is 11.1. The van der Waals surface area contributed by atoms with Crippen molar-refractivity contribution in [2.24, 2.45) is 0 Å². The number of rotatable bonds is 5. The minimum atomic E-state index is -0.633. The van der Waals surface area contributed by atoms with Gasteiger partial charge in [0, 0.05) is 18.3 Å². The predicted molar refractivity (Wildman–Crippen MR) is 85.4 cm³/mol. The van der Waals surface area contributed by atoms with Crippen molar-refractivity contribution in [2.45, 2.75) is 43.6 Å². The summed E-state index contributed by atoms with van der Waals surface area (Å²) < 4.78 is 0. The van der Waals surface area contributed by atoms with Crippen LogP contribution >= 0.6 is 12.6 Å². The van der Waals surface area contributed by atoms with Gasteiger partial charge in [0.15, 0.2) is 0 Å². The molecule has 0 aliphatic heterocycles. The first-order chi connectivity index (χ1) is 9.55. The van der Waals surface area contributed by atoms with Gasteiger partial charge >= 0.3 is 0 Å². The lowest BCUT2D eigenvalue weighted by Gasteiger charge is -2.41. The van der Waals surface area contributed by atoms with Crippen molar-refractivity contribution < 1.29 is 10.2 Å². The van der Waals surface area contributed by atoms with Crippen molar-refractivity contribution >= 4 is 12.6 Å². The Morgan fingerprint density at radius 3 is 2.35 bits per heavy atom. The van der Waals surface area contributed by atoms with E-state index in [9.17, 15) is 10.2 Å². The molecule has 1 aromatic rings. The molecule has 2 rings (SSSR count). The first kappa shape index (κ1) is 15.7. The summed E-state index contributed by atoms with van der Waals surface area (Å²) in [5, 5.41) is 20.5. The molecule has 1 unspecified atom stereocenters. The van der Waals surface area contributed by atoms with Crippen molar-refractivity contribution in [3.63, 3.8) is 0 Å². The Morgan fingerprint density at radius 1 is 1.20 bits per heavy atom. The minimum absolute atomic E-state index is 0.0700. The molecule has 20 heavy (non-hydrogen) atoms. The number of benzene rings is 1. The number of hydrogen-bond acceptors (Lipinski definition) is 4. The Labute approximate surface area is 127 Å². The van der Waals surface area contributed by atoms with Crippen LogP contribution in [-0.4, -0.2) is 40.2 Å². The van der Waals surface area contributed by atoms with Gasteiger partial charge in [0.25, 0.3) is 0 Å². The molecular formula is C16H25NO2S. The number of nitrogens with zero attached hydrogens (tertiary/aromatic N) is 1. The van der Waals surface area contributed by atoms with E-state index in [1.54, 1.807) is 12.1 Å². The van der Waals surface area contributed by atoms with Crippen molar-refractivity contribution in [3.05, 3.63) is 29.8 Å². The van der Waals surface area contributed by atoms with Crippen LogP contribution in [0.1, 0.15) is 43.6 Å². The molecule has 0 bridgehead atoms. The third-order valence-electron chi connectivity index (χ3n) is 4.40.